The van der Waals surface area contributed by atoms with Gasteiger partial charge in [-0.05, 0) is 88.5 Å². The van der Waals surface area contributed by atoms with Gasteiger partial charge < -0.3 is 50.5 Å². The number of rotatable bonds is 20. The predicted molar refractivity (Wildman–Crippen MR) is 294 cm³/mol. The van der Waals surface area contributed by atoms with Crippen molar-refractivity contribution >= 4 is 109 Å². The summed E-state index contributed by atoms with van der Waals surface area (Å²) in [6.45, 7) is 2.23. The van der Waals surface area contributed by atoms with Crippen LogP contribution in [0.25, 0.3) is 33.7 Å². The van der Waals surface area contributed by atoms with Crippen LogP contribution in [0.4, 0.5) is 17.1 Å². The van der Waals surface area contributed by atoms with E-state index in [0.29, 0.717) is 70.6 Å². The van der Waals surface area contributed by atoms with Crippen LogP contribution >= 0.6 is 23.2 Å². The molecule has 18 nitrogen and oxygen atoms in total. The number of carbonyl (C=O) groups is 6. The number of hydrogen-bond acceptors (Lipinski definition) is 13. The Hall–Kier alpha value is -7.00. The van der Waals surface area contributed by atoms with Crippen LogP contribution < -0.4 is 25.3 Å². The first-order valence-electron chi connectivity index (χ1n) is 25.7. The van der Waals surface area contributed by atoms with E-state index in [0.717, 1.165) is 26.8 Å². The molecule has 4 aliphatic heterocycles. The highest BCUT2D eigenvalue weighted by molar-refractivity contribution is 6.20. The van der Waals surface area contributed by atoms with Gasteiger partial charge in [0.05, 0.1) is 11.8 Å². The molecule has 0 bridgehead atoms. The number of aliphatic hydroxyl groups excluding tert-OH is 4. The summed E-state index contributed by atoms with van der Waals surface area (Å²) >= 11 is 13.0. The predicted octanol–water partition coefficient (Wildman–Crippen LogP) is 5.99. The number of unbranched alkanes of at least 4 members (excludes halogenated alkanes) is 2. The van der Waals surface area contributed by atoms with Crippen LogP contribution in [0.3, 0.4) is 0 Å². The molecule has 6 amide bonds. The number of nitrogens with one attached hydrogen (secondary N) is 2. The maximum absolute atomic E-state index is 14.3. The molecule has 78 heavy (non-hydrogen) atoms. The third kappa shape index (κ3) is 12.0. The Morgan fingerprint density at radius 1 is 0.769 bits per heavy atom. The molecule has 1 fully saturated rings. The Labute approximate surface area is 459 Å². The molecule has 6 N–H and O–H groups in total. The minimum absolute atomic E-state index is 0.0362. The summed E-state index contributed by atoms with van der Waals surface area (Å²) in [6.07, 6.45) is 1.04. The lowest BCUT2D eigenvalue weighted by Gasteiger charge is -2.40. The lowest BCUT2D eigenvalue weighted by molar-refractivity contribution is -0.390. The molecule has 5 aromatic carbocycles. The van der Waals surface area contributed by atoms with Crippen molar-refractivity contribution in [3.63, 3.8) is 0 Å². The molecule has 5 aromatic rings. The minimum atomic E-state index is -1.74. The normalized spacial score (nSPS) is 22.2. The zero-order valence-corrected chi connectivity index (χ0v) is 43.9. The maximum Gasteiger partial charge on any atom is 0.253 e. The number of alkyl halides is 2. The van der Waals surface area contributed by atoms with Crippen LogP contribution in [0.5, 0.6) is 5.75 Å². The van der Waals surface area contributed by atoms with Gasteiger partial charge in [0, 0.05) is 110 Å². The van der Waals surface area contributed by atoms with Crippen molar-refractivity contribution in [2.24, 2.45) is 0 Å². The van der Waals surface area contributed by atoms with Crippen molar-refractivity contribution in [1.29, 1.82) is 0 Å². The van der Waals surface area contributed by atoms with E-state index in [1.54, 1.807) is 59.5 Å². The quantitative estimate of drug-likeness (QED) is 0.0131. The van der Waals surface area contributed by atoms with Crippen LogP contribution in [0, 0.1) is 6.07 Å². The minimum Gasteiger partial charge on any atom is -0.391 e. The lowest BCUT2D eigenvalue weighted by Crippen LogP contribution is -2.61. The molecule has 407 valence electrons. The van der Waals surface area contributed by atoms with Crippen molar-refractivity contribution in [2.75, 3.05) is 53.1 Å². The molecule has 20 heteroatoms. The lowest BCUT2D eigenvalue weighted by atomic mass is 9.95. The average molecular weight is 1100 g/mol. The highest BCUT2D eigenvalue weighted by Crippen LogP contribution is 2.46. The van der Waals surface area contributed by atoms with Gasteiger partial charge in [-0.3, -0.25) is 33.7 Å². The Morgan fingerprint density at radius 3 is 2.13 bits per heavy atom. The molecular formula is C58H58Cl2N5O13. The van der Waals surface area contributed by atoms with Gasteiger partial charge in [-0.2, -0.15) is 4.89 Å². The molecule has 9 rings (SSSR count). The van der Waals surface area contributed by atoms with Crippen molar-refractivity contribution < 1.29 is 63.7 Å². The average Bonchev–Trinajstić information content (AvgIpc) is 4.28. The summed E-state index contributed by atoms with van der Waals surface area (Å²) < 4.78 is 5.58. The maximum atomic E-state index is 14.3. The molecule has 0 saturated carbocycles. The fourth-order valence-corrected chi connectivity index (χ4v) is 10.8. The van der Waals surface area contributed by atoms with Crippen LogP contribution in [0.2, 0.25) is 0 Å². The van der Waals surface area contributed by atoms with Gasteiger partial charge in [0.1, 0.15) is 24.4 Å². The van der Waals surface area contributed by atoms with Gasteiger partial charge in [0.2, 0.25) is 18.1 Å². The largest absolute Gasteiger partial charge is 0.391 e. The van der Waals surface area contributed by atoms with E-state index in [1.807, 2.05) is 36.4 Å². The number of amides is 6. The highest BCUT2D eigenvalue weighted by atomic mass is 35.5. The standard InChI is InChI=1S/C58H58Cl2N5O13/c1-33(66)57-55(74)54(73)56(75)58(76-57)78-77-45-28-44-53(41-12-7-6-11-40(41)45)38(30-60)32-65(44)50(71)20-15-34-14-16-36(18-21-51(72)64-31-37(29-59)52-39-10-5-4-9-35(39)17-19-43(52)64)42(27-34)62-47(68)24-25-61-46(67)13-3-2-8-26-63-48(69)22-23-49(63)70/h4-7,9-12,14-16,18-23,27-28,33,37-38,54-58,66,73-75H,2-3,8,13,24-26,29-32H2,1H3,(H,61,67)(H,62,68)/b20-15+,21-18+/t33?,37-,38-,54+,55+,56-,57-,58+/m1/s1. The Kier molecular flexibility index (Phi) is 17.7. The number of hydrogen-bond donors (Lipinski definition) is 6. The summed E-state index contributed by atoms with van der Waals surface area (Å²) in [6, 6.07) is 26.8. The number of fused-ring (bicyclic) bond motifs is 6. The highest BCUT2D eigenvalue weighted by Gasteiger charge is 2.47. The topological polar surface area (TPSA) is 245 Å². The second-order valence-corrected chi connectivity index (χ2v) is 20.2. The molecule has 1 saturated heterocycles. The summed E-state index contributed by atoms with van der Waals surface area (Å²) in [5, 5.41) is 50.6. The van der Waals surface area contributed by atoms with E-state index < -0.39 is 48.6 Å². The van der Waals surface area contributed by atoms with E-state index >= 15 is 0 Å². The van der Waals surface area contributed by atoms with Gasteiger partial charge in [-0.15, -0.1) is 23.2 Å². The summed E-state index contributed by atoms with van der Waals surface area (Å²) in [5.74, 6) is -1.90. The van der Waals surface area contributed by atoms with Gasteiger partial charge >= 0.3 is 0 Å². The monoisotopic (exact) mass is 1100 g/mol. The second kappa shape index (κ2) is 24.8. The zero-order chi connectivity index (χ0) is 55.2. The van der Waals surface area contributed by atoms with Crippen molar-refractivity contribution in [1.82, 2.24) is 10.2 Å². The van der Waals surface area contributed by atoms with Gasteiger partial charge in [-0.1, -0.05) is 67.1 Å². The number of imide groups is 1. The molecule has 0 aromatic heterocycles. The fourth-order valence-electron chi connectivity index (χ4n) is 10.3. The van der Waals surface area contributed by atoms with E-state index in [1.165, 1.54) is 36.1 Å². The molecule has 8 atom stereocenters. The van der Waals surface area contributed by atoms with Crippen molar-refractivity contribution in [3.8, 4) is 5.75 Å². The number of benzene rings is 5. The summed E-state index contributed by atoms with van der Waals surface area (Å²) in [7, 11) is 0. The Morgan fingerprint density at radius 2 is 1.42 bits per heavy atom. The molecule has 0 spiro atoms. The number of carbonyl (C=O) groups excluding carboxylic acids is 6. The third-order valence-electron chi connectivity index (χ3n) is 14.3. The third-order valence-corrected chi connectivity index (χ3v) is 15.1. The van der Waals surface area contributed by atoms with E-state index in [2.05, 4.69) is 16.7 Å². The smallest absolute Gasteiger partial charge is 0.253 e. The van der Waals surface area contributed by atoms with Crippen LogP contribution in [-0.4, -0.2) is 136 Å². The first-order chi connectivity index (χ1) is 37.6. The van der Waals surface area contributed by atoms with Gasteiger partial charge in [0.25, 0.3) is 23.6 Å². The molecule has 4 heterocycles. The number of ether oxygens (including phenoxy) is 1. The summed E-state index contributed by atoms with van der Waals surface area (Å²) in [5.41, 5.74) is 4.27. The van der Waals surface area contributed by atoms with E-state index in [4.69, 9.17) is 37.7 Å². The second-order valence-electron chi connectivity index (χ2n) is 19.6. The molecule has 1 radical (unpaired) electrons. The van der Waals surface area contributed by atoms with Crippen LogP contribution in [-0.2, 0) is 38.4 Å². The molecule has 4 aliphatic rings. The van der Waals surface area contributed by atoms with Gasteiger partial charge in [0.15, 0.2) is 5.75 Å². The van der Waals surface area contributed by atoms with Crippen molar-refractivity contribution in [2.45, 2.75) is 87.7 Å². The first kappa shape index (κ1) is 55.7. The number of anilines is 3. The number of aliphatic hydroxyl groups is 4. The number of nitrogens with zero attached hydrogens (tertiary/aromatic N) is 3. The number of halogens is 2. The Balaban J connectivity index is 0.916. The van der Waals surface area contributed by atoms with E-state index in [9.17, 15) is 49.2 Å². The SMILES string of the molecule is CC(O)[C@H]1O[C@@H](OOc2cc3c(c4ccccc24)[C@H](CCl)CN3C(=O)/C=C/c2ccc(/C=C/C(=O)N3C[C@@H](CCl)c4c3c[c]c3ccccc43)c(NC(=O)CCNC(=O)CCCCCN3C(=O)C=CC3=O)c2)[C@H](O)[C@@H](O)[C@@H]1O. The molecular weight excluding hydrogens is 1050 g/mol. The zero-order valence-electron chi connectivity index (χ0n) is 42.4. The van der Waals surface area contributed by atoms with E-state index in [-0.39, 0.29) is 79.6 Å². The molecule has 1 unspecified atom stereocenters. The van der Waals surface area contributed by atoms with Crippen LogP contribution in [0.15, 0.2) is 103 Å². The Bertz CT molecular complexity index is 3200. The fraction of sp³-hybridized carbons (Fsp3) is 0.345. The summed E-state index contributed by atoms with van der Waals surface area (Å²) in [4.78, 5) is 93.8. The first-order valence-corrected chi connectivity index (χ1v) is 26.8. The van der Waals surface area contributed by atoms with Crippen molar-refractivity contribution in [3.05, 3.63) is 131 Å². The van der Waals surface area contributed by atoms with Gasteiger partial charge in [-0.25, -0.2) is 0 Å². The molecule has 0 aliphatic carbocycles. The van der Waals surface area contributed by atoms with Crippen LogP contribution in [0.1, 0.15) is 73.1 Å².